The molecule has 0 radical (unpaired) electrons. The van der Waals surface area contributed by atoms with Crippen LogP contribution in [-0.4, -0.2) is 44.2 Å². The molecule has 0 spiro atoms. The lowest BCUT2D eigenvalue weighted by atomic mass is 10.2. The highest BCUT2D eigenvalue weighted by atomic mass is 32.2. The van der Waals surface area contributed by atoms with Crippen LogP contribution in [0.2, 0.25) is 0 Å². The molecule has 3 nitrogen and oxygen atoms in total. The van der Waals surface area contributed by atoms with Gasteiger partial charge in [-0.15, -0.1) is 11.8 Å². The van der Waals surface area contributed by atoms with Crippen LogP contribution in [0.15, 0.2) is 29.2 Å². The predicted octanol–water partition coefficient (Wildman–Crippen LogP) is 2.48. The van der Waals surface area contributed by atoms with E-state index in [4.69, 9.17) is 0 Å². The second-order valence-corrected chi connectivity index (χ2v) is 5.31. The summed E-state index contributed by atoms with van der Waals surface area (Å²) in [5.41, 5.74) is 0.776. The first-order valence-corrected chi connectivity index (χ1v) is 7.43. The SMILES string of the molecule is CSc1ccccc1C(=O)NCCCCN(C)C. The van der Waals surface area contributed by atoms with E-state index in [1.165, 1.54) is 0 Å². The lowest BCUT2D eigenvalue weighted by Crippen LogP contribution is -2.25. The number of nitrogens with one attached hydrogen (secondary N) is 1. The van der Waals surface area contributed by atoms with Crippen molar-refractivity contribution in [3.05, 3.63) is 29.8 Å². The molecule has 0 atom stereocenters. The molecule has 4 heteroatoms. The van der Waals surface area contributed by atoms with E-state index < -0.39 is 0 Å². The summed E-state index contributed by atoms with van der Waals surface area (Å²) in [7, 11) is 4.13. The first kappa shape index (κ1) is 15.1. The number of carbonyl (C=O) groups is 1. The van der Waals surface area contributed by atoms with E-state index in [2.05, 4.69) is 24.3 Å². The molecule has 18 heavy (non-hydrogen) atoms. The van der Waals surface area contributed by atoms with Gasteiger partial charge in [-0.2, -0.15) is 0 Å². The Bertz CT molecular complexity index is 380. The van der Waals surface area contributed by atoms with Crippen molar-refractivity contribution in [1.82, 2.24) is 10.2 Å². The van der Waals surface area contributed by atoms with Crippen LogP contribution in [-0.2, 0) is 0 Å². The Morgan fingerprint density at radius 3 is 2.67 bits per heavy atom. The van der Waals surface area contributed by atoms with E-state index in [0.717, 1.165) is 36.4 Å². The zero-order valence-electron chi connectivity index (χ0n) is 11.4. The maximum absolute atomic E-state index is 12.0. The molecule has 0 aliphatic carbocycles. The average Bonchev–Trinajstić information content (AvgIpc) is 2.37. The Labute approximate surface area is 114 Å². The zero-order valence-corrected chi connectivity index (χ0v) is 12.2. The minimum Gasteiger partial charge on any atom is -0.352 e. The number of hydrogen-bond donors (Lipinski definition) is 1. The number of rotatable bonds is 7. The fourth-order valence-electron chi connectivity index (χ4n) is 1.68. The number of benzene rings is 1. The van der Waals surface area contributed by atoms with Crippen LogP contribution in [0, 0.1) is 0 Å². The Morgan fingerprint density at radius 2 is 2.00 bits per heavy atom. The lowest BCUT2D eigenvalue weighted by molar-refractivity contribution is 0.0950. The van der Waals surface area contributed by atoms with Gasteiger partial charge in [0.2, 0.25) is 0 Å². The van der Waals surface area contributed by atoms with Gasteiger partial charge in [-0.25, -0.2) is 0 Å². The van der Waals surface area contributed by atoms with Crippen LogP contribution >= 0.6 is 11.8 Å². The van der Waals surface area contributed by atoms with Gasteiger partial charge in [0.25, 0.3) is 5.91 Å². The van der Waals surface area contributed by atoms with E-state index in [1.807, 2.05) is 30.5 Å². The van der Waals surface area contributed by atoms with Gasteiger partial charge < -0.3 is 10.2 Å². The first-order chi connectivity index (χ1) is 8.65. The molecule has 100 valence electrons. The molecule has 0 saturated carbocycles. The maximum Gasteiger partial charge on any atom is 0.252 e. The normalized spacial score (nSPS) is 10.7. The number of carbonyl (C=O) groups excluding carboxylic acids is 1. The highest BCUT2D eigenvalue weighted by molar-refractivity contribution is 7.98. The number of nitrogens with zero attached hydrogens (tertiary/aromatic N) is 1. The molecule has 0 fully saturated rings. The minimum absolute atomic E-state index is 0.0322. The van der Waals surface area contributed by atoms with Crippen LogP contribution in [0.1, 0.15) is 23.2 Å². The summed E-state index contributed by atoms with van der Waals surface area (Å²) in [5, 5.41) is 2.98. The van der Waals surface area contributed by atoms with E-state index >= 15 is 0 Å². The predicted molar refractivity (Wildman–Crippen MR) is 78.3 cm³/mol. The van der Waals surface area contributed by atoms with Gasteiger partial charge in [-0.05, 0) is 51.9 Å². The third kappa shape index (κ3) is 5.10. The summed E-state index contributed by atoms with van der Waals surface area (Å²) in [6, 6.07) is 7.72. The van der Waals surface area contributed by atoms with Crippen LogP contribution in [0.25, 0.3) is 0 Å². The van der Waals surface area contributed by atoms with Crippen LogP contribution in [0.4, 0.5) is 0 Å². The van der Waals surface area contributed by atoms with Gasteiger partial charge in [0.1, 0.15) is 0 Å². The molecular weight excluding hydrogens is 244 g/mol. The van der Waals surface area contributed by atoms with E-state index in [-0.39, 0.29) is 5.91 Å². The van der Waals surface area contributed by atoms with Crippen molar-refractivity contribution >= 4 is 17.7 Å². The number of amides is 1. The molecule has 0 unspecified atom stereocenters. The van der Waals surface area contributed by atoms with Crippen molar-refractivity contribution in [1.29, 1.82) is 0 Å². The van der Waals surface area contributed by atoms with E-state index in [9.17, 15) is 4.79 Å². The van der Waals surface area contributed by atoms with Crippen LogP contribution in [0.3, 0.4) is 0 Å². The third-order valence-electron chi connectivity index (χ3n) is 2.67. The van der Waals surface area contributed by atoms with Crippen molar-refractivity contribution in [2.45, 2.75) is 17.7 Å². The van der Waals surface area contributed by atoms with Gasteiger partial charge >= 0.3 is 0 Å². The van der Waals surface area contributed by atoms with Crippen molar-refractivity contribution in [3.8, 4) is 0 Å². The summed E-state index contributed by atoms with van der Waals surface area (Å²) < 4.78 is 0. The quantitative estimate of drug-likeness (QED) is 0.608. The van der Waals surface area contributed by atoms with Crippen molar-refractivity contribution < 1.29 is 4.79 Å². The van der Waals surface area contributed by atoms with Crippen molar-refractivity contribution in [2.75, 3.05) is 33.4 Å². The largest absolute Gasteiger partial charge is 0.352 e. The topological polar surface area (TPSA) is 32.3 Å². The molecule has 0 saturated heterocycles. The van der Waals surface area contributed by atoms with E-state index in [0.29, 0.717) is 0 Å². The lowest BCUT2D eigenvalue weighted by Gasteiger charge is -2.10. The van der Waals surface area contributed by atoms with Gasteiger partial charge in [0.15, 0.2) is 0 Å². The molecule has 0 aromatic heterocycles. The van der Waals surface area contributed by atoms with Gasteiger partial charge in [-0.3, -0.25) is 4.79 Å². The molecule has 1 aromatic carbocycles. The molecule has 1 N–H and O–H groups in total. The Kier molecular flexibility index (Phi) is 6.83. The Morgan fingerprint density at radius 1 is 1.28 bits per heavy atom. The van der Waals surface area contributed by atoms with Crippen molar-refractivity contribution in [3.63, 3.8) is 0 Å². The molecule has 1 amide bonds. The fraction of sp³-hybridized carbons (Fsp3) is 0.500. The van der Waals surface area contributed by atoms with Crippen LogP contribution in [0.5, 0.6) is 0 Å². The highest BCUT2D eigenvalue weighted by Crippen LogP contribution is 2.19. The third-order valence-corrected chi connectivity index (χ3v) is 3.47. The Hall–Kier alpha value is -1.00. The maximum atomic E-state index is 12.0. The number of hydrogen-bond acceptors (Lipinski definition) is 3. The molecule has 0 aliphatic heterocycles. The minimum atomic E-state index is 0.0322. The fourth-order valence-corrected chi connectivity index (χ4v) is 2.28. The first-order valence-electron chi connectivity index (χ1n) is 6.21. The Balaban J connectivity index is 2.36. The zero-order chi connectivity index (χ0) is 13.4. The summed E-state index contributed by atoms with van der Waals surface area (Å²) >= 11 is 1.60. The summed E-state index contributed by atoms with van der Waals surface area (Å²) in [6.07, 6.45) is 4.12. The highest BCUT2D eigenvalue weighted by Gasteiger charge is 2.08. The second-order valence-electron chi connectivity index (χ2n) is 4.47. The smallest absolute Gasteiger partial charge is 0.252 e. The second kappa shape index (κ2) is 8.16. The van der Waals surface area contributed by atoms with E-state index in [1.54, 1.807) is 11.8 Å². The van der Waals surface area contributed by atoms with Gasteiger partial charge in [-0.1, -0.05) is 12.1 Å². The average molecular weight is 266 g/mol. The molecule has 0 bridgehead atoms. The molecule has 0 heterocycles. The summed E-state index contributed by atoms with van der Waals surface area (Å²) in [6.45, 7) is 1.81. The molecule has 0 aliphatic rings. The number of thioether (sulfide) groups is 1. The monoisotopic (exact) mass is 266 g/mol. The van der Waals surface area contributed by atoms with Gasteiger partial charge in [0, 0.05) is 11.4 Å². The van der Waals surface area contributed by atoms with Crippen LogP contribution < -0.4 is 5.32 Å². The van der Waals surface area contributed by atoms with Gasteiger partial charge in [0.05, 0.1) is 5.56 Å². The number of unbranched alkanes of at least 4 members (excludes halogenated alkanes) is 1. The van der Waals surface area contributed by atoms with Crippen molar-refractivity contribution in [2.24, 2.45) is 0 Å². The summed E-state index contributed by atoms with van der Waals surface area (Å²) in [4.78, 5) is 15.2. The molecular formula is C14H22N2OS. The standard InChI is InChI=1S/C14H22N2OS/c1-16(2)11-7-6-10-15-14(17)12-8-4-5-9-13(12)18-3/h4-5,8-9H,6-7,10-11H2,1-3H3,(H,15,17). The summed E-state index contributed by atoms with van der Waals surface area (Å²) in [5.74, 6) is 0.0322. The molecule has 1 aromatic rings. The molecule has 1 rings (SSSR count).